The van der Waals surface area contributed by atoms with Gasteiger partial charge in [-0.15, -0.1) is 0 Å². The van der Waals surface area contributed by atoms with Crippen LogP contribution in [0.5, 0.6) is 0 Å². The average molecular weight is 270 g/mol. The number of ether oxygens (including phenoxy) is 2. The molecule has 0 aromatic rings. The van der Waals surface area contributed by atoms with Crippen molar-refractivity contribution in [2.24, 2.45) is 0 Å². The molecular weight excluding hydrogens is 248 g/mol. The largest absolute Gasteiger partial charge is 0.444 e. The zero-order valence-electron chi connectivity index (χ0n) is 12.1. The highest BCUT2D eigenvalue weighted by molar-refractivity contribution is 5.75. The van der Waals surface area contributed by atoms with Gasteiger partial charge in [0.2, 0.25) is 5.91 Å². The molecule has 6 heteroatoms. The van der Waals surface area contributed by atoms with E-state index in [1.54, 1.807) is 16.7 Å². The maximum Gasteiger partial charge on any atom is 0.410 e. The average Bonchev–Trinajstić information content (AvgIpc) is 2.23. The number of likely N-dealkylation sites (tertiary alicyclic amines) is 1. The van der Waals surface area contributed by atoms with E-state index in [2.05, 4.69) is 0 Å². The number of rotatable bonds is 0. The maximum absolute atomic E-state index is 12.0. The van der Waals surface area contributed by atoms with Crippen LogP contribution in [0, 0.1) is 0 Å². The summed E-state index contributed by atoms with van der Waals surface area (Å²) in [5.41, 5.74) is -0.881. The lowest BCUT2D eigenvalue weighted by Crippen LogP contribution is -2.71. The lowest BCUT2D eigenvalue weighted by molar-refractivity contribution is -0.187. The number of nitrogens with zero attached hydrogens (tertiary/aromatic N) is 2. The molecule has 19 heavy (non-hydrogen) atoms. The predicted molar refractivity (Wildman–Crippen MR) is 68.7 cm³/mol. The van der Waals surface area contributed by atoms with Gasteiger partial charge in [-0.3, -0.25) is 4.79 Å². The smallest absolute Gasteiger partial charge is 0.410 e. The van der Waals surface area contributed by atoms with Gasteiger partial charge in [-0.1, -0.05) is 0 Å². The fourth-order valence-corrected chi connectivity index (χ4v) is 2.39. The van der Waals surface area contributed by atoms with Gasteiger partial charge < -0.3 is 19.3 Å². The van der Waals surface area contributed by atoms with Gasteiger partial charge in [0, 0.05) is 13.5 Å². The monoisotopic (exact) mass is 270 g/mol. The van der Waals surface area contributed by atoms with Crippen LogP contribution < -0.4 is 0 Å². The number of morpholine rings is 1. The molecular formula is C13H22N2O4. The first-order chi connectivity index (χ1) is 8.71. The van der Waals surface area contributed by atoms with Crippen LogP contribution in [-0.2, 0) is 14.3 Å². The van der Waals surface area contributed by atoms with E-state index < -0.39 is 5.60 Å². The van der Waals surface area contributed by atoms with Crippen LogP contribution in [0.4, 0.5) is 4.79 Å². The molecule has 2 rings (SSSR count). The highest BCUT2D eigenvalue weighted by Crippen LogP contribution is 2.29. The summed E-state index contributed by atoms with van der Waals surface area (Å²) < 4.78 is 11.1. The summed E-state index contributed by atoms with van der Waals surface area (Å²) >= 11 is 0. The molecule has 2 aliphatic rings. The maximum atomic E-state index is 12.0. The van der Waals surface area contributed by atoms with Crippen molar-refractivity contribution in [2.45, 2.75) is 38.9 Å². The lowest BCUT2D eigenvalue weighted by atomic mass is 9.92. The van der Waals surface area contributed by atoms with E-state index in [4.69, 9.17) is 9.47 Å². The molecule has 2 aliphatic heterocycles. The lowest BCUT2D eigenvalue weighted by Gasteiger charge is -2.53. The van der Waals surface area contributed by atoms with Crippen LogP contribution in [0.3, 0.4) is 0 Å². The summed E-state index contributed by atoms with van der Waals surface area (Å²) in [7, 11) is 0. The van der Waals surface area contributed by atoms with Crippen LogP contribution in [0.25, 0.3) is 0 Å². The summed E-state index contributed by atoms with van der Waals surface area (Å²) in [6.07, 6.45) is -0.309. The van der Waals surface area contributed by atoms with E-state index in [9.17, 15) is 9.59 Å². The van der Waals surface area contributed by atoms with E-state index in [-0.39, 0.29) is 17.6 Å². The first-order valence-electron chi connectivity index (χ1n) is 6.58. The van der Waals surface area contributed by atoms with Crippen LogP contribution in [0.1, 0.15) is 27.7 Å². The van der Waals surface area contributed by atoms with Gasteiger partial charge in [0.15, 0.2) is 0 Å². The zero-order valence-corrected chi connectivity index (χ0v) is 12.1. The molecule has 108 valence electrons. The minimum absolute atomic E-state index is 0.0450. The summed E-state index contributed by atoms with van der Waals surface area (Å²) in [5.74, 6) is 0.0450. The topological polar surface area (TPSA) is 59.1 Å². The second-order valence-corrected chi connectivity index (χ2v) is 6.31. The first-order valence-corrected chi connectivity index (χ1v) is 6.58. The van der Waals surface area contributed by atoms with Gasteiger partial charge in [-0.25, -0.2) is 4.79 Å². The van der Waals surface area contributed by atoms with Crippen LogP contribution in [0.2, 0.25) is 0 Å². The van der Waals surface area contributed by atoms with Crippen molar-refractivity contribution in [1.82, 2.24) is 9.80 Å². The molecule has 6 nitrogen and oxygen atoms in total. The number of carbonyl (C=O) groups is 2. The fraction of sp³-hybridized carbons (Fsp3) is 0.846. The van der Waals surface area contributed by atoms with Crippen molar-refractivity contribution in [2.75, 3.05) is 32.8 Å². The summed E-state index contributed by atoms with van der Waals surface area (Å²) in [5, 5.41) is 0. The van der Waals surface area contributed by atoms with Gasteiger partial charge in [-0.2, -0.15) is 0 Å². The molecule has 1 spiro atoms. The molecule has 0 saturated carbocycles. The molecule has 0 N–H and O–H groups in total. The Morgan fingerprint density at radius 2 is 1.74 bits per heavy atom. The van der Waals surface area contributed by atoms with Crippen LogP contribution >= 0.6 is 0 Å². The molecule has 0 aromatic heterocycles. The van der Waals surface area contributed by atoms with E-state index >= 15 is 0 Å². The number of amides is 2. The van der Waals surface area contributed by atoms with Crippen molar-refractivity contribution in [1.29, 1.82) is 0 Å². The van der Waals surface area contributed by atoms with Crippen molar-refractivity contribution in [3.8, 4) is 0 Å². The Bertz CT molecular complexity index is 383. The molecule has 2 heterocycles. The Labute approximate surface area is 113 Å². The van der Waals surface area contributed by atoms with E-state index in [1.807, 2.05) is 20.8 Å². The molecule has 0 bridgehead atoms. The molecule has 2 amide bonds. The third kappa shape index (κ3) is 3.18. The molecule has 0 aromatic carbocycles. The van der Waals surface area contributed by atoms with E-state index in [1.165, 1.54) is 0 Å². The van der Waals surface area contributed by atoms with Gasteiger partial charge in [0.1, 0.15) is 11.2 Å². The van der Waals surface area contributed by atoms with Gasteiger partial charge >= 0.3 is 6.09 Å². The molecule has 2 saturated heterocycles. The van der Waals surface area contributed by atoms with E-state index in [0.29, 0.717) is 32.8 Å². The third-order valence-corrected chi connectivity index (χ3v) is 3.30. The first kappa shape index (κ1) is 14.1. The molecule has 2 fully saturated rings. The normalized spacial score (nSPS) is 22.1. The van der Waals surface area contributed by atoms with Crippen LogP contribution in [0.15, 0.2) is 0 Å². The van der Waals surface area contributed by atoms with E-state index in [0.717, 1.165) is 0 Å². The summed E-state index contributed by atoms with van der Waals surface area (Å²) in [6, 6.07) is 0. The SMILES string of the molecule is CC(=O)N1CC2(C1)CN(C(=O)OC(C)(C)C)CCO2. The standard InChI is InChI=1S/C13H22N2O4/c1-10(16)15-8-13(9-15)7-14(5-6-18-13)11(17)19-12(2,3)4/h5-9H2,1-4H3. The highest BCUT2D eigenvalue weighted by atomic mass is 16.6. The van der Waals surface area contributed by atoms with Gasteiger partial charge in [-0.05, 0) is 20.8 Å². The molecule has 0 atom stereocenters. The Morgan fingerprint density at radius 3 is 2.26 bits per heavy atom. The fourth-order valence-electron chi connectivity index (χ4n) is 2.39. The number of hydrogen-bond acceptors (Lipinski definition) is 4. The third-order valence-electron chi connectivity index (χ3n) is 3.30. The quantitative estimate of drug-likeness (QED) is 0.655. The number of carbonyl (C=O) groups excluding carboxylic acids is 2. The van der Waals surface area contributed by atoms with Crippen molar-refractivity contribution in [3.63, 3.8) is 0 Å². The molecule has 0 unspecified atom stereocenters. The zero-order chi connectivity index (χ0) is 14.3. The van der Waals surface area contributed by atoms with Crippen molar-refractivity contribution >= 4 is 12.0 Å². The van der Waals surface area contributed by atoms with Gasteiger partial charge in [0.05, 0.1) is 26.2 Å². The number of hydrogen-bond donors (Lipinski definition) is 0. The van der Waals surface area contributed by atoms with Crippen molar-refractivity contribution < 1.29 is 19.1 Å². The van der Waals surface area contributed by atoms with Gasteiger partial charge in [0.25, 0.3) is 0 Å². The predicted octanol–water partition coefficient (Wildman–Crippen LogP) is 0.855. The second-order valence-electron chi connectivity index (χ2n) is 6.31. The molecule has 0 radical (unpaired) electrons. The highest BCUT2D eigenvalue weighted by Gasteiger charge is 2.49. The Kier molecular flexibility index (Phi) is 3.47. The summed E-state index contributed by atoms with van der Waals surface area (Å²) in [4.78, 5) is 26.6. The molecule has 0 aliphatic carbocycles. The second kappa shape index (κ2) is 4.67. The minimum Gasteiger partial charge on any atom is -0.444 e. The minimum atomic E-state index is -0.492. The Morgan fingerprint density at radius 1 is 1.16 bits per heavy atom. The summed E-state index contributed by atoms with van der Waals surface area (Å²) in [6.45, 7) is 9.73. The van der Waals surface area contributed by atoms with Crippen LogP contribution in [-0.4, -0.2) is 65.8 Å². The van der Waals surface area contributed by atoms with Crippen molar-refractivity contribution in [3.05, 3.63) is 0 Å². The Hall–Kier alpha value is -1.30. The Balaban J connectivity index is 1.92.